The number of rotatable bonds is 7. The summed E-state index contributed by atoms with van der Waals surface area (Å²) in [6.45, 7) is 2.19. The highest BCUT2D eigenvalue weighted by molar-refractivity contribution is 8.32. The first-order valence-corrected chi connectivity index (χ1v) is 15.5. The van der Waals surface area contributed by atoms with Crippen molar-refractivity contribution in [3.05, 3.63) is 48.1 Å². The van der Waals surface area contributed by atoms with E-state index in [-0.39, 0.29) is 18.3 Å². The second-order valence-electron chi connectivity index (χ2n) is 10.3. The lowest BCUT2D eigenvalue weighted by molar-refractivity contribution is 0.0755. The number of likely N-dealkylation sites (tertiary alicyclic amines) is 1. The van der Waals surface area contributed by atoms with Crippen LogP contribution in [0.4, 0.5) is 8.78 Å². The molecule has 0 unspecified atom stereocenters. The lowest BCUT2D eigenvalue weighted by Gasteiger charge is -2.24. The highest BCUT2D eigenvalue weighted by Gasteiger charge is 2.23. The van der Waals surface area contributed by atoms with Crippen molar-refractivity contribution >= 4 is 32.5 Å². The van der Waals surface area contributed by atoms with Crippen LogP contribution in [-0.4, -0.2) is 79.2 Å². The summed E-state index contributed by atoms with van der Waals surface area (Å²) in [5.41, 5.74) is 1.89. The van der Waals surface area contributed by atoms with E-state index in [9.17, 15) is 13.6 Å². The quantitative estimate of drug-likeness (QED) is 0.324. The minimum absolute atomic E-state index is 0.00410. The van der Waals surface area contributed by atoms with Gasteiger partial charge in [0.15, 0.2) is 11.5 Å². The fourth-order valence-electron chi connectivity index (χ4n) is 4.56. The number of hydrogen-bond donors (Lipinski definition) is 0. The molecule has 1 saturated heterocycles. The second-order valence-corrected chi connectivity index (χ2v) is 14.9. The highest BCUT2D eigenvalue weighted by Crippen LogP contribution is 2.34. The van der Waals surface area contributed by atoms with Crippen LogP contribution in [0.2, 0.25) is 0 Å². The van der Waals surface area contributed by atoms with Gasteiger partial charge >= 0.3 is 0 Å². The van der Waals surface area contributed by atoms with E-state index in [0.29, 0.717) is 34.6 Å². The number of aromatic nitrogens is 5. The maximum atomic E-state index is 14.3. The highest BCUT2D eigenvalue weighted by atomic mass is 32.3. The topological polar surface area (TPSA) is 77.5 Å². The molecule has 5 rings (SSSR count). The maximum Gasteiger partial charge on any atom is 0.272 e. The number of amides is 1. The van der Waals surface area contributed by atoms with Crippen LogP contribution in [0.5, 0.6) is 0 Å². The molecule has 37 heavy (non-hydrogen) atoms. The third-order valence-electron chi connectivity index (χ3n) is 6.57. The molecule has 1 fully saturated rings. The zero-order valence-electron chi connectivity index (χ0n) is 21.4. The van der Waals surface area contributed by atoms with E-state index < -0.39 is 21.7 Å². The summed E-state index contributed by atoms with van der Waals surface area (Å²) in [6, 6.07) is 2.54. The van der Waals surface area contributed by atoms with Gasteiger partial charge in [-0.3, -0.25) is 14.2 Å². The molecule has 8 nitrogen and oxygen atoms in total. The van der Waals surface area contributed by atoms with Gasteiger partial charge in [0, 0.05) is 42.7 Å². The number of ether oxygens (including phenoxy) is 1. The lowest BCUT2D eigenvalue weighted by Crippen LogP contribution is -2.32. The second kappa shape index (κ2) is 10.4. The summed E-state index contributed by atoms with van der Waals surface area (Å²) in [6.07, 6.45) is 15.2. The average Bonchev–Trinajstić information content (AvgIpc) is 3.30. The summed E-state index contributed by atoms with van der Waals surface area (Å²) < 4.78 is 37.4. The largest absolute Gasteiger partial charge is 0.358 e. The van der Waals surface area contributed by atoms with Crippen molar-refractivity contribution in [2.45, 2.75) is 32.4 Å². The van der Waals surface area contributed by atoms with Gasteiger partial charge < -0.3 is 9.64 Å². The number of pyridine rings is 2. The Kier molecular flexibility index (Phi) is 7.17. The van der Waals surface area contributed by atoms with E-state index in [4.69, 9.17) is 9.84 Å². The van der Waals surface area contributed by atoms with Gasteiger partial charge in [-0.25, -0.2) is 28.5 Å². The van der Waals surface area contributed by atoms with E-state index in [1.54, 1.807) is 16.9 Å². The van der Waals surface area contributed by atoms with Gasteiger partial charge in [-0.15, -0.1) is 0 Å². The SMILES string of the molecule is CS(C)(C)CCOCn1nc(-c2cnc3c(F)cc(F)cn23)c2cnc(C(=O)N3CCCCCC3)cc21. The standard InChI is InChI=1S/C26H32F2N6O2S/c1-37(2,3)11-10-36-17-34-22-13-21(26(35)32-8-6-4-5-7-9-32)29-14-19(22)24(31-34)23-15-30-25-20(28)12-18(27)16-33(23)25/h12-16H,4-11,17H2,1-3H3. The first-order chi connectivity index (χ1) is 17.7. The molecular weight excluding hydrogens is 498 g/mol. The predicted octanol–water partition coefficient (Wildman–Crippen LogP) is 4.71. The Morgan fingerprint density at radius 2 is 1.81 bits per heavy atom. The van der Waals surface area contributed by atoms with Crippen molar-refractivity contribution in [3.63, 3.8) is 0 Å². The van der Waals surface area contributed by atoms with Gasteiger partial charge in [0.25, 0.3) is 5.91 Å². The number of carbonyl (C=O) groups excluding carboxylic acids is 1. The third kappa shape index (κ3) is 5.47. The van der Waals surface area contributed by atoms with Crippen LogP contribution in [0.3, 0.4) is 0 Å². The van der Waals surface area contributed by atoms with Crippen LogP contribution in [0, 0.1) is 11.6 Å². The van der Waals surface area contributed by atoms with Crippen molar-refractivity contribution < 1.29 is 18.3 Å². The fraction of sp³-hybridized carbons (Fsp3) is 0.462. The number of halogens is 2. The lowest BCUT2D eigenvalue weighted by atomic mass is 10.2. The van der Waals surface area contributed by atoms with E-state index >= 15 is 0 Å². The van der Waals surface area contributed by atoms with Gasteiger partial charge in [-0.05, 0) is 37.7 Å². The first-order valence-electron chi connectivity index (χ1n) is 12.4. The molecule has 0 aromatic carbocycles. The Morgan fingerprint density at radius 3 is 2.54 bits per heavy atom. The minimum atomic E-state index is -0.758. The molecule has 11 heteroatoms. The molecule has 1 aliphatic heterocycles. The zero-order valence-corrected chi connectivity index (χ0v) is 22.2. The molecule has 0 atom stereocenters. The molecule has 0 aliphatic carbocycles. The fourth-order valence-corrected chi connectivity index (χ4v) is 5.18. The summed E-state index contributed by atoms with van der Waals surface area (Å²) >= 11 is 0. The summed E-state index contributed by atoms with van der Waals surface area (Å²) in [5.74, 6) is -0.629. The van der Waals surface area contributed by atoms with Crippen molar-refractivity contribution in [3.8, 4) is 11.4 Å². The first kappa shape index (κ1) is 25.6. The summed E-state index contributed by atoms with van der Waals surface area (Å²) in [5, 5.41) is 5.37. The molecule has 4 aromatic heterocycles. The van der Waals surface area contributed by atoms with Crippen LogP contribution in [0.15, 0.2) is 30.7 Å². The molecule has 0 radical (unpaired) electrons. The Bertz CT molecular complexity index is 1440. The Balaban J connectivity index is 1.55. The van der Waals surface area contributed by atoms with Crippen molar-refractivity contribution in [2.24, 2.45) is 0 Å². The van der Waals surface area contributed by atoms with Gasteiger partial charge in [-0.1, -0.05) is 12.8 Å². The van der Waals surface area contributed by atoms with Crippen LogP contribution >= 0.6 is 10.0 Å². The number of nitrogens with zero attached hydrogens (tertiary/aromatic N) is 6. The van der Waals surface area contributed by atoms with E-state index in [2.05, 4.69) is 28.7 Å². The molecule has 1 aliphatic rings. The van der Waals surface area contributed by atoms with Gasteiger partial charge in [0.1, 0.15) is 23.9 Å². The van der Waals surface area contributed by atoms with Gasteiger partial charge in [0.2, 0.25) is 0 Å². The van der Waals surface area contributed by atoms with Crippen molar-refractivity contribution in [1.82, 2.24) is 29.0 Å². The molecule has 198 valence electrons. The molecule has 4 aromatic rings. The summed E-state index contributed by atoms with van der Waals surface area (Å²) in [7, 11) is -0.715. The van der Waals surface area contributed by atoms with Gasteiger partial charge in [-0.2, -0.15) is 5.10 Å². The van der Waals surface area contributed by atoms with E-state index in [1.807, 2.05) is 4.90 Å². The Labute approximate surface area is 215 Å². The molecule has 0 N–H and O–H groups in total. The molecule has 0 saturated carbocycles. The van der Waals surface area contributed by atoms with Crippen molar-refractivity contribution in [1.29, 1.82) is 0 Å². The summed E-state index contributed by atoms with van der Waals surface area (Å²) in [4.78, 5) is 23.7. The van der Waals surface area contributed by atoms with Crippen molar-refractivity contribution in [2.75, 3.05) is 44.2 Å². The zero-order chi connectivity index (χ0) is 26.2. The number of imidazole rings is 1. The third-order valence-corrected chi connectivity index (χ3v) is 7.96. The van der Waals surface area contributed by atoms with Crippen LogP contribution < -0.4 is 0 Å². The predicted molar refractivity (Wildman–Crippen MR) is 142 cm³/mol. The average molecular weight is 531 g/mol. The van der Waals surface area contributed by atoms with Crippen LogP contribution in [0.1, 0.15) is 36.2 Å². The number of fused-ring (bicyclic) bond motifs is 2. The number of hydrogen-bond acceptors (Lipinski definition) is 5. The van der Waals surface area contributed by atoms with E-state index in [0.717, 1.165) is 50.6 Å². The molecular formula is C26H32F2N6O2S. The minimum Gasteiger partial charge on any atom is -0.358 e. The maximum absolute atomic E-state index is 14.3. The normalized spacial score (nSPS) is 15.4. The molecule has 0 bridgehead atoms. The molecule has 1 amide bonds. The molecule has 5 heterocycles. The monoisotopic (exact) mass is 530 g/mol. The van der Waals surface area contributed by atoms with Gasteiger partial charge in [0.05, 0.1) is 24.0 Å². The molecule has 0 spiro atoms. The van der Waals surface area contributed by atoms with Crippen LogP contribution in [-0.2, 0) is 11.5 Å². The van der Waals surface area contributed by atoms with Crippen LogP contribution in [0.25, 0.3) is 27.9 Å². The smallest absolute Gasteiger partial charge is 0.272 e. The number of carbonyl (C=O) groups is 1. The van der Waals surface area contributed by atoms with E-state index in [1.165, 1.54) is 16.8 Å². The Morgan fingerprint density at radius 1 is 1.05 bits per heavy atom. The Hall–Kier alpha value is -3.05.